The molecule has 3 N–H and O–H groups in total. The Hall–Kier alpha value is -1.69. The average Bonchev–Trinajstić information content (AvgIpc) is 2.70. The molecule has 1 saturated heterocycles. The zero-order valence-corrected chi connectivity index (χ0v) is 21.2. The van der Waals surface area contributed by atoms with Crippen molar-refractivity contribution < 1.29 is 13.9 Å². The predicted octanol–water partition coefficient (Wildman–Crippen LogP) is 0.914. The van der Waals surface area contributed by atoms with Crippen LogP contribution in [0.15, 0.2) is 38.2 Å². The molecule has 1 aromatic heterocycles. The van der Waals surface area contributed by atoms with Gasteiger partial charge in [-0.3, -0.25) is 0 Å². The van der Waals surface area contributed by atoms with E-state index in [2.05, 4.69) is 58.0 Å². The van der Waals surface area contributed by atoms with Gasteiger partial charge in [0.1, 0.15) is 15.3 Å². The molecule has 1 aliphatic heterocycles. The van der Waals surface area contributed by atoms with E-state index in [0.717, 1.165) is 31.1 Å². The van der Waals surface area contributed by atoms with Crippen LogP contribution < -0.4 is 27.3 Å². The van der Waals surface area contributed by atoms with Crippen molar-refractivity contribution in [3.05, 3.63) is 45.1 Å². The van der Waals surface area contributed by atoms with Gasteiger partial charge in [0.2, 0.25) is 0 Å². The molecule has 2 aliphatic rings. The van der Waals surface area contributed by atoms with E-state index in [4.69, 9.17) is 19.6 Å². The third kappa shape index (κ3) is 6.66. The van der Waals surface area contributed by atoms with E-state index in [-0.39, 0.29) is 27.9 Å². The van der Waals surface area contributed by atoms with Crippen LogP contribution in [0, 0.1) is 5.92 Å². The lowest BCUT2D eigenvalue weighted by Gasteiger charge is -2.45. The van der Waals surface area contributed by atoms with Crippen molar-refractivity contribution >= 4 is 41.1 Å². The number of nitrogens with one attached hydrogen (secondary N) is 1. The van der Waals surface area contributed by atoms with Gasteiger partial charge in [0.05, 0.1) is 24.1 Å². The molecule has 1 fully saturated rings. The zero-order chi connectivity index (χ0) is 23.3. The first-order valence-corrected chi connectivity index (χ1v) is 12.1. The normalized spacial score (nSPS) is 25.6. The Morgan fingerprint density at radius 3 is 2.94 bits per heavy atom. The van der Waals surface area contributed by atoms with Gasteiger partial charge in [-0.15, -0.1) is 0 Å². The maximum absolute atomic E-state index is 11.6. The van der Waals surface area contributed by atoms with Crippen molar-refractivity contribution in [3.63, 3.8) is 0 Å². The minimum Gasteiger partial charge on any atom is -0.423 e. The Bertz CT molecular complexity index is 1020. The molecule has 8 nitrogen and oxygen atoms in total. The molecule has 176 valence electrons. The van der Waals surface area contributed by atoms with Crippen molar-refractivity contribution in [2.75, 3.05) is 27.2 Å². The first-order valence-electron chi connectivity index (χ1n) is 10.8. The Kier molecular flexibility index (Phi) is 8.54. The van der Waals surface area contributed by atoms with Crippen molar-refractivity contribution in [3.8, 4) is 0 Å². The van der Waals surface area contributed by atoms with Gasteiger partial charge in [-0.25, -0.2) is 9.79 Å². The van der Waals surface area contributed by atoms with E-state index in [1.807, 2.05) is 26.0 Å². The number of rotatable bonds is 9. The minimum absolute atomic E-state index is 0.124. The highest BCUT2D eigenvalue weighted by atomic mass is 127. The number of aliphatic imine (C=N–C) groups is 1. The van der Waals surface area contributed by atoms with Gasteiger partial charge in [-0.1, -0.05) is 6.08 Å². The summed E-state index contributed by atoms with van der Waals surface area (Å²) >= 11 is 2.25. The second-order valence-electron chi connectivity index (χ2n) is 8.88. The topological polar surface area (TPSA) is 102 Å². The Morgan fingerprint density at radius 2 is 2.22 bits per heavy atom. The number of nitrogens with zero attached hydrogens (tertiary/aromatic N) is 2. The summed E-state index contributed by atoms with van der Waals surface area (Å²) in [4.78, 5) is 17.9. The molecular weight excluding hydrogens is 523 g/mol. The Labute approximate surface area is 202 Å². The lowest BCUT2D eigenvalue weighted by Crippen LogP contribution is -2.53. The number of hydrogen-bond donors (Lipinski definition) is 2. The standard InChI is InChI=1S/C23H33IN4O4/c1-23(2)19(31-20(24)13-21(27-14-25)26-8-5-9-28(3)4)11-16-10-15-6-7-22(29)30-17(15)12-18(16)32-23/h6-7,10,12-14,16,18-20,26H,5,8-9,11H2,1-4H3,(H2,25,27)/b21-13-/t16?,18?,19-,20-/m0/s1. The lowest BCUT2D eigenvalue weighted by molar-refractivity contribution is -0.182. The molecule has 0 amide bonds. The van der Waals surface area contributed by atoms with Crippen LogP contribution in [-0.4, -0.2) is 60.3 Å². The number of nitrogens with two attached hydrogens (primary N) is 1. The van der Waals surface area contributed by atoms with E-state index >= 15 is 0 Å². The van der Waals surface area contributed by atoms with E-state index in [0.29, 0.717) is 11.2 Å². The zero-order valence-electron chi connectivity index (χ0n) is 19.1. The van der Waals surface area contributed by atoms with Gasteiger partial charge in [0.15, 0.2) is 0 Å². The van der Waals surface area contributed by atoms with Crippen LogP contribution in [-0.2, 0) is 9.47 Å². The molecule has 0 radical (unpaired) electrons. The van der Waals surface area contributed by atoms with Crippen LogP contribution in [0.5, 0.6) is 0 Å². The molecule has 0 bridgehead atoms. The monoisotopic (exact) mass is 556 g/mol. The average molecular weight is 556 g/mol. The van der Waals surface area contributed by atoms with Gasteiger partial charge < -0.3 is 29.8 Å². The van der Waals surface area contributed by atoms with E-state index in [1.165, 1.54) is 12.4 Å². The predicted molar refractivity (Wildman–Crippen MR) is 135 cm³/mol. The molecule has 0 aromatic carbocycles. The second-order valence-corrected chi connectivity index (χ2v) is 10.1. The van der Waals surface area contributed by atoms with Crippen LogP contribution in [0.4, 0.5) is 0 Å². The fourth-order valence-corrected chi connectivity index (χ4v) is 4.66. The summed E-state index contributed by atoms with van der Waals surface area (Å²) in [6.07, 6.45) is 8.76. The highest BCUT2D eigenvalue weighted by molar-refractivity contribution is 14.1. The maximum Gasteiger partial charge on any atom is 0.336 e. The summed E-state index contributed by atoms with van der Waals surface area (Å²) in [6, 6.07) is 3.24. The first kappa shape index (κ1) is 24.9. The summed E-state index contributed by atoms with van der Waals surface area (Å²) in [5.74, 6) is 0.839. The van der Waals surface area contributed by atoms with E-state index < -0.39 is 5.60 Å². The number of fused-ring (bicyclic) bond motifs is 2. The molecule has 0 spiro atoms. The third-order valence-electron chi connectivity index (χ3n) is 5.61. The van der Waals surface area contributed by atoms with Gasteiger partial charge in [-0.2, -0.15) is 0 Å². The Balaban J connectivity index is 1.68. The van der Waals surface area contributed by atoms with Gasteiger partial charge >= 0.3 is 5.63 Å². The molecule has 1 aromatic rings. The number of halogens is 1. The fourth-order valence-electron chi connectivity index (χ4n) is 3.97. The van der Waals surface area contributed by atoms with Gasteiger partial charge in [-0.05, 0) is 88.1 Å². The van der Waals surface area contributed by atoms with E-state index in [1.54, 1.807) is 6.07 Å². The van der Waals surface area contributed by atoms with Crippen LogP contribution in [0.2, 0.25) is 0 Å². The highest BCUT2D eigenvalue weighted by Crippen LogP contribution is 2.37. The maximum atomic E-state index is 11.6. The quantitative estimate of drug-likeness (QED) is 0.153. The van der Waals surface area contributed by atoms with Crippen LogP contribution in [0.3, 0.4) is 0 Å². The molecular formula is C23H33IN4O4. The minimum atomic E-state index is -0.508. The first-order chi connectivity index (χ1) is 15.2. The number of hydrogen-bond acceptors (Lipinski definition) is 7. The molecule has 9 heteroatoms. The van der Waals surface area contributed by atoms with Crippen molar-refractivity contribution in [1.29, 1.82) is 0 Å². The third-order valence-corrected chi connectivity index (χ3v) is 6.26. The molecule has 0 saturated carbocycles. The number of ether oxygens (including phenoxy) is 2. The SMILES string of the molecule is CN(C)CCCNC(=C/[C@@H](I)O[C@H]1CC2C=c3ccc(=O)oc3=CC2OC1(C)C)/N=C\N. The van der Waals surface area contributed by atoms with Crippen LogP contribution in [0.25, 0.3) is 12.2 Å². The van der Waals surface area contributed by atoms with E-state index in [9.17, 15) is 4.79 Å². The largest absolute Gasteiger partial charge is 0.423 e. The second kappa shape index (κ2) is 11.0. The number of alkyl halides is 1. The molecule has 4 atom stereocenters. The van der Waals surface area contributed by atoms with Gasteiger partial charge in [0, 0.05) is 23.7 Å². The van der Waals surface area contributed by atoms with Crippen molar-refractivity contribution in [2.24, 2.45) is 16.6 Å². The van der Waals surface area contributed by atoms with Crippen molar-refractivity contribution in [1.82, 2.24) is 10.2 Å². The molecule has 3 rings (SSSR count). The van der Waals surface area contributed by atoms with Crippen LogP contribution in [0.1, 0.15) is 26.7 Å². The molecule has 2 unspecified atom stereocenters. The van der Waals surface area contributed by atoms with Crippen molar-refractivity contribution in [2.45, 2.75) is 48.6 Å². The molecule has 1 aliphatic carbocycles. The molecule has 32 heavy (non-hydrogen) atoms. The summed E-state index contributed by atoms with van der Waals surface area (Å²) in [6.45, 7) is 5.85. The molecule has 2 heterocycles. The smallest absolute Gasteiger partial charge is 0.336 e. The van der Waals surface area contributed by atoms with Gasteiger partial charge in [0.25, 0.3) is 0 Å². The summed E-state index contributed by atoms with van der Waals surface area (Å²) < 4.78 is 17.9. The Morgan fingerprint density at radius 1 is 1.44 bits per heavy atom. The highest BCUT2D eigenvalue weighted by Gasteiger charge is 2.43. The summed E-state index contributed by atoms with van der Waals surface area (Å²) in [7, 11) is 4.11. The van der Waals surface area contributed by atoms with Crippen LogP contribution >= 0.6 is 22.6 Å². The fraction of sp³-hybridized carbons (Fsp3) is 0.565. The lowest BCUT2D eigenvalue weighted by atomic mass is 9.82. The summed E-state index contributed by atoms with van der Waals surface area (Å²) in [5, 5.41) is 4.24. The summed E-state index contributed by atoms with van der Waals surface area (Å²) in [5.41, 5.74) is 5.24.